The van der Waals surface area contributed by atoms with Crippen molar-refractivity contribution in [1.82, 2.24) is 24.4 Å². The minimum absolute atomic E-state index is 0.132. The predicted molar refractivity (Wildman–Crippen MR) is 115 cm³/mol. The van der Waals surface area contributed by atoms with Crippen LogP contribution in [0.4, 0.5) is 11.8 Å². The van der Waals surface area contributed by atoms with E-state index in [0.29, 0.717) is 41.1 Å². The highest BCUT2D eigenvalue weighted by molar-refractivity contribution is 5.77. The Morgan fingerprint density at radius 1 is 1.29 bits per heavy atom. The second-order valence-corrected chi connectivity index (χ2v) is 8.64. The second-order valence-electron chi connectivity index (χ2n) is 8.64. The van der Waals surface area contributed by atoms with Crippen molar-refractivity contribution in [3.05, 3.63) is 46.5 Å². The molecular formula is C22H23N7O2. The number of pyridine rings is 2. The smallest absolute Gasteiger partial charge is 0.270 e. The van der Waals surface area contributed by atoms with Gasteiger partial charge in [0, 0.05) is 18.1 Å². The van der Waals surface area contributed by atoms with Crippen molar-refractivity contribution < 1.29 is 4.74 Å². The maximum Gasteiger partial charge on any atom is 0.270 e. The van der Waals surface area contributed by atoms with E-state index in [1.165, 1.54) is 0 Å². The number of aromatic nitrogens is 4. The lowest BCUT2D eigenvalue weighted by atomic mass is 9.49. The van der Waals surface area contributed by atoms with E-state index in [2.05, 4.69) is 20.3 Å². The van der Waals surface area contributed by atoms with Gasteiger partial charge in [0.15, 0.2) is 0 Å². The fourth-order valence-electron chi connectivity index (χ4n) is 4.38. The molecule has 3 aromatic rings. The van der Waals surface area contributed by atoms with Gasteiger partial charge in [0.1, 0.15) is 35.5 Å². The minimum atomic E-state index is -0.268. The molecule has 9 nitrogen and oxygen atoms in total. The second kappa shape index (κ2) is 7.32. The zero-order valence-electron chi connectivity index (χ0n) is 17.5. The van der Waals surface area contributed by atoms with Crippen LogP contribution in [0.2, 0.25) is 0 Å². The van der Waals surface area contributed by atoms with Crippen LogP contribution >= 0.6 is 0 Å². The van der Waals surface area contributed by atoms with Crippen molar-refractivity contribution in [2.24, 2.45) is 5.92 Å². The Kier molecular flexibility index (Phi) is 4.59. The number of fused-ring (bicyclic) bond motifs is 1. The monoisotopic (exact) mass is 417 g/mol. The summed E-state index contributed by atoms with van der Waals surface area (Å²) in [7, 11) is 3.99. The number of anilines is 2. The highest BCUT2D eigenvalue weighted by atomic mass is 16.5. The zero-order chi connectivity index (χ0) is 21.6. The zero-order valence-corrected chi connectivity index (χ0v) is 17.5. The summed E-state index contributed by atoms with van der Waals surface area (Å²) in [6.07, 6.45) is 6.21. The van der Waals surface area contributed by atoms with Gasteiger partial charge in [-0.3, -0.25) is 9.36 Å². The topological polar surface area (TPSA) is 109 Å². The van der Waals surface area contributed by atoms with E-state index >= 15 is 0 Å². The van der Waals surface area contributed by atoms with Crippen molar-refractivity contribution in [3.63, 3.8) is 0 Å². The highest BCUT2D eigenvalue weighted by Gasteiger charge is 2.59. The van der Waals surface area contributed by atoms with Crippen molar-refractivity contribution in [2.75, 3.05) is 32.6 Å². The summed E-state index contributed by atoms with van der Waals surface area (Å²) in [6, 6.07) is 7.22. The fourth-order valence-corrected chi connectivity index (χ4v) is 4.38. The largest absolute Gasteiger partial charge is 0.491 e. The first-order valence-electron chi connectivity index (χ1n) is 10.3. The van der Waals surface area contributed by atoms with Crippen LogP contribution in [-0.2, 0) is 5.54 Å². The summed E-state index contributed by atoms with van der Waals surface area (Å²) in [4.78, 5) is 28.3. The molecule has 1 N–H and O–H groups in total. The molecule has 0 aromatic carbocycles. The predicted octanol–water partition coefficient (Wildman–Crippen LogP) is 2.25. The Morgan fingerprint density at radius 2 is 2.10 bits per heavy atom. The van der Waals surface area contributed by atoms with E-state index in [0.717, 1.165) is 25.8 Å². The van der Waals surface area contributed by atoms with Crippen LogP contribution in [-0.4, -0.2) is 51.7 Å². The van der Waals surface area contributed by atoms with Gasteiger partial charge in [-0.15, -0.1) is 0 Å². The fraction of sp³-hybridized carbons (Fsp3) is 0.409. The molecule has 9 heteroatoms. The van der Waals surface area contributed by atoms with Gasteiger partial charge in [-0.2, -0.15) is 10.2 Å². The minimum Gasteiger partial charge on any atom is -0.491 e. The molecule has 3 aliphatic rings. The van der Waals surface area contributed by atoms with Gasteiger partial charge in [-0.05, 0) is 57.5 Å². The molecule has 2 bridgehead atoms. The van der Waals surface area contributed by atoms with E-state index in [1.807, 2.05) is 31.1 Å². The molecule has 158 valence electrons. The molecule has 0 amide bonds. The molecule has 3 saturated carbocycles. The third-order valence-corrected chi connectivity index (χ3v) is 6.13. The lowest BCUT2D eigenvalue weighted by Crippen LogP contribution is -2.62. The van der Waals surface area contributed by atoms with Crippen LogP contribution in [0.15, 0.2) is 35.4 Å². The summed E-state index contributed by atoms with van der Waals surface area (Å²) in [5.41, 5.74) is 0.230. The molecule has 3 aromatic heterocycles. The number of ether oxygens (including phenoxy) is 1. The Labute approximate surface area is 179 Å². The van der Waals surface area contributed by atoms with Gasteiger partial charge >= 0.3 is 0 Å². The average Bonchev–Trinajstić information content (AvgIpc) is 2.68. The third kappa shape index (κ3) is 3.39. The maximum absolute atomic E-state index is 12.9. The summed E-state index contributed by atoms with van der Waals surface area (Å²) < 4.78 is 7.39. The molecule has 0 unspecified atom stereocenters. The van der Waals surface area contributed by atoms with Crippen molar-refractivity contribution in [2.45, 2.75) is 24.8 Å². The number of nitrogens with zero attached hydrogens (tertiary/aromatic N) is 6. The molecule has 3 heterocycles. The lowest BCUT2D eigenvalue weighted by molar-refractivity contribution is -0.0884. The number of likely N-dealkylation sites (N-methyl/N-ethyl adjacent to an activating group) is 1. The standard InChI is InChI=1S/C22H23N7O2/c1-28(2)5-6-31-17-3-4-18(24-13-17)26-21-25-12-16-7-15(11-23)20(30)29(19(16)27-21)22-8-14(9-22)10-22/h3-4,7,12-14H,5-6,8-10H2,1-2H3,(H,24,25,26,27). The van der Waals surface area contributed by atoms with Gasteiger partial charge in [-0.25, -0.2) is 9.97 Å². The molecule has 31 heavy (non-hydrogen) atoms. The first-order valence-corrected chi connectivity index (χ1v) is 10.3. The Morgan fingerprint density at radius 3 is 2.71 bits per heavy atom. The molecule has 0 spiro atoms. The van der Waals surface area contributed by atoms with E-state index in [1.54, 1.807) is 29.1 Å². The molecule has 3 aliphatic carbocycles. The average molecular weight is 417 g/mol. The van der Waals surface area contributed by atoms with Crippen molar-refractivity contribution in [3.8, 4) is 11.8 Å². The first kappa shape index (κ1) is 19.5. The van der Waals surface area contributed by atoms with Crippen LogP contribution in [0, 0.1) is 17.2 Å². The third-order valence-electron chi connectivity index (χ3n) is 6.13. The molecule has 0 saturated heterocycles. The Balaban J connectivity index is 1.42. The molecule has 0 atom stereocenters. The van der Waals surface area contributed by atoms with Gasteiger partial charge in [0.05, 0.1) is 11.7 Å². The molecule has 0 aliphatic heterocycles. The van der Waals surface area contributed by atoms with Gasteiger partial charge < -0.3 is 15.0 Å². The Bertz CT molecular complexity index is 1230. The van der Waals surface area contributed by atoms with Crippen LogP contribution in [0.5, 0.6) is 5.75 Å². The quantitative estimate of drug-likeness (QED) is 0.623. The van der Waals surface area contributed by atoms with Crippen LogP contribution in [0.25, 0.3) is 11.0 Å². The lowest BCUT2D eigenvalue weighted by Gasteiger charge is -2.62. The summed E-state index contributed by atoms with van der Waals surface area (Å²) >= 11 is 0. The van der Waals surface area contributed by atoms with Crippen molar-refractivity contribution >= 4 is 22.8 Å². The van der Waals surface area contributed by atoms with E-state index in [4.69, 9.17) is 4.74 Å². The van der Waals surface area contributed by atoms with Crippen LogP contribution in [0.1, 0.15) is 24.8 Å². The van der Waals surface area contributed by atoms with E-state index in [-0.39, 0.29) is 16.7 Å². The van der Waals surface area contributed by atoms with Crippen molar-refractivity contribution in [1.29, 1.82) is 5.26 Å². The number of nitriles is 1. The van der Waals surface area contributed by atoms with E-state index in [9.17, 15) is 10.1 Å². The Hall–Kier alpha value is -3.51. The summed E-state index contributed by atoms with van der Waals surface area (Å²) in [5, 5.41) is 13.2. The number of hydrogen-bond acceptors (Lipinski definition) is 8. The van der Waals surface area contributed by atoms with Crippen LogP contribution in [0.3, 0.4) is 0 Å². The first-order chi connectivity index (χ1) is 15.0. The maximum atomic E-state index is 12.9. The summed E-state index contributed by atoms with van der Waals surface area (Å²) in [5.74, 6) is 2.31. The van der Waals surface area contributed by atoms with Gasteiger partial charge in [-0.1, -0.05) is 0 Å². The van der Waals surface area contributed by atoms with Crippen LogP contribution < -0.4 is 15.6 Å². The number of hydrogen-bond donors (Lipinski definition) is 1. The SMILES string of the molecule is CN(C)CCOc1ccc(Nc2ncc3cc(C#N)c(=O)n(C45CC(C4)C5)c3n2)nc1. The molecule has 0 radical (unpaired) electrons. The molecule has 6 rings (SSSR count). The van der Waals surface area contributed by atoms with Gasteiger partial charge in [0.2, 0.25) is 5.95 Å². The molecular weight excluding hydrogens is 394 g/mol. The molecule has 3 fully saturated rings. The highest BCUT2D eigenvalue weighted by Crippen LogP contribution is 2.62. The number of rotatable bonds is 7. The van der Waals surface area contributed by atoms with E-state index < -0.39 is 0 Å². The normalized spacial score (nSPS) is 21.3. The number of nitrogens with one attached hydrogen (secondary N) is 1. The van der Waals surface area contributed by atoms with Gasteiger partial charge in [0.25, 0.3) is 5.56 Å². The summed E-state index contributed by atoms with van der Waals surface area (Å²) in [6.45, 7) is 1.41.